The first-order valence-electron chi connectivity index (χ1n) is 12.5. The van der Waals surface area contributed by atoms with Crippen molar-refractivity contribution in [1.82, 2.24) is 0 Å². The lowest BCUT2D eigenvalue weighted by molar-refractivity contribution is -0.175. The Morgan fingerprint density at radius 3 is 2.18 bits per heavy atom. The van der Waals surface area contributed by atoms with E-state index < -0.39 is 13.9 Å². The quantitative estimate of drug-likeness (QED) is 0.347. The van der Waals surface area contributed by atoms with Crippen molar-refractivity contribution < 1.29 is 18.7 Å². The molecule has 1 spiro atoms. The monoisotopic (exact) mass is 476 g/mol. The lowest BCUT2D eigenvalue weighted by atomic mass is 9.60. The van der Waals surface area contributed by atoms with Gasteiger partial charge in [0.05, 0.1) is 6.61 Å². The number of hydrogen-bond donors (Lipinski definition) is 0. The predicted octanol–water partition coefficient (Wildman–Crippen LogP) is 4.97. The molecule has 180 valence electrons. The fourth-order valence-corrected chi connectivity index (χ4v) is 11.0. The molecule has 3 aliphatic rings. The third-order valence-corrected chi connectivity index (χ3v) is 13.3. The molecule has 34 heavy (non-hydrogen) atoms. The highest BCUT2D eigenvalue weighted by Gasteiger charge is 2.65. The number of rotatable bonds is 5. The standard InChI is InChI=1S/C29H36O4Si/c1-21-18-29-26(30)32-25(33-29)16-17-28(29,5)19-22(21)20-31-34(27(2,3)4,23-12-8-6-9-13-23)24-14-10-7-11-15-24/h6-15,19,21,25H,16-18,20H2,1-5H3/t21-,25+,28-,29+/m1/s1. The van der Waals surface area contributed by atoms with Gasteiger partial charge in [-0.05, 0) is 39.7 Å². The van der Waals surface area contributed by atoms with Crippen LogP contribution in [-0.2, 0) is 18.7 Å². The predicted molar refractivity (Wildman–Crippen MR) is 136 cm³/mol. The van der Waals surface area contributed by atoms with E-state index in [1.54, 1.807) is 0 Å². The lowest BCUT2D eigenvalue weighted by Gasteiger charge is -2.49. The molecule has 5 heteroatoms. The van der Waals surface area contributed by atoms with Crippen molar-refractivity contribution in [2.45, 2.75) is 70.8 Å². The van der Waals surface area contributed by atoms with Crippen LogP contribution < -0.4 is 10.4 Å². The molecule has 2 aliphatic heterocycles. The maximum atomic E-state index is 12.9. The van der Waals surface area contributed by atoms with E-state index in [1.165, 1.54) is 15.9 Å². The molecule has 2 aromatic carbocycles. The number of hydrogen-bond acceptors (Lipinski definition) is 4. The summed E-state index contributed by atoms with van der Waals surface area (Å²) in [5.41, 5.74) is 0.0483. The van der Waals surface area contributed by atoms with Gasteiger partial charge in [0.2, 0.25) is 6.29 Å². The summed E-state index contributed by atoms with van der Waals surface area (Å²) < 4.78 is 19.0. The minimum absolute atomic E-state index is 0.0737. The summed E-state index contributed by atoms with van der Waals surface area (Å²) in [5, 5.41) is 2.49. The highest BCUT2D eigenvalue weighted by atomic mass is 28.4. The first-order chi connectivity index (χ1) is 16.1. The number of ether oxygens (including phenoxy) is 2. The van der Waals surface area contributed by atoms with E-state index in [0.29, 0.717) is 13.0 Å². The van der Waals surface area contributed by atoms with Crippen molar-refractivity contribution in [3.63, 3.8) is 0 Å². The molecule has 0 unspecified atom stereocenters. The number of esters is 1. The molecule has 0 amide bonds. The van der Waals surface area contributed by atoms with Crippen molar-refractivity contribution in [3.8, 4) is 0 Å². The zero-order chi connectivity index (χ0) is 24.2. The molecule has 0 saturated carbocycles. The smallest absolute Gasteiger partial charge is 0.341 e. The van der Waals surface area contributed by atoms with Gasteiger partial charge in [-0.25, -0.2) is 4.79 Å². The van der Waals surface area contributed by atoms with E-state index in [-0.39, 0.29) is 28.6 Å². The number of carbonyl (C=O) groups is 1. The third kappa shape index (κ3) is 3.43. The van der Waals surface area contributed by atoms with Crippen LogP contribution in [0.1, 0.15) is 53.9 Å². The van der Waals surface area contributed by atoms with Crippen LogP contribution in [0.5, 0.6) is 0 Å². The molecule has 5 rings (SSSR count). The van der Waals surface area contributed by atoms with E-state index in [4.69, 9.17) is 13.9 Å². The Labute approximate surface area is 204 Å². The van der Waals surface area contributed by atoms with Gasteiger partial charge in [-0.3, -0.25) is 0 Å². The fourth-order valence-electron chi connectivity index (χ4n) is 6.42. The maximum absolute atomic E-state index is 12.9. The largest absolute Gasteiger partial charge is 0.434 e. The highest BCUT2D eigenvalue weighted by Crippen LogP contribution is 2.57. The second-order valence-electron chi connectivity index (χ2n) is 11.5. The Morgan fingerprint density at radius 2 is 1.62 bits per heavy atom. The van der Waals surface area contributed by atoms with Crippen molar-refractivity contribution in [2.75, 3.05) is 6.61 Å². The van der Waals surface area contributed by atoms with Gasteiger partial charge in [-0.1, -0.05) is 101 Å². The summed E-state index contributed by atoms with van der Waals surface area (Å²) >= 11 is 0. The molecule has 0 radical (unpaired) electrons. The first kappa shape index (κ1) is 23.5. The average Bonchev–Trinajstić information content (AvgIpc) is 3.08. The van der Waals surface area contributed by atoms with Crippen molar-refractivity contribution in [3.05, 3.63) is 72.3 Å². The van der Waals surface area contributed by atoms with Gasteiger partial charge in [0.1, 0.15) is 0 Å². The summed E-state index contributed by atoms with van der Waals surface area (Å²) in [6.45, 7) is 11.8. The average molecular weight is 477 g/mol. The Morgan fingerprint density at radius 1 is 1.03 bits per heavy atom. The van der Waals surface area contributed by atoms with Gasteiger partial charge in [0.25, 0.3) is 8.32 Å². The Balaban J connectivity index is 1.55. The SMILES string of the molecule is C[C@@H]1C[C@@]23O[C@@H](CC[C@]2(C)C=C1CO[Si](c1ccccc1)(c1ccccc1)C(C)(C)C)OC3=O. The van der Waals surface area contributed by atoms with Crippen LogP contribution >= 0.6 is 0 Å². The zero-order valence-electron chi connectivity index (χ0n) is 21.0. The fraction of sp³-hybridized carbons (Fsp3) is 0.483. The number of fused-ring (bicyclic) bond motifs is 1. The van der Waals surface area contributed by atoms with E-state index in [0.717, 1.165) is 12.8 Å². The molecule has 0 aromatic heterocycles. The molecule has 1 aliphatic carbocycles. The number of carbonyl (C=O) groups excluding carboxylic acids is 1. The van der Waals surface area contributed by atoms with Gasteiger partial charge in [-0.2, -0.15) is 0 Å². The van der Waals surface area contributed by atoms with Crippen molar-refractivity contribution in [2.24, 2.45) is 11.3 Å². The minimum Gasteiger partial charge on any atom is -0.434 e. The van der Waals surface area contributed by atoms with Crippen LogP contribution in [0.15, 0.2) is 72.3 Å². The molecule has 2 saturated heterocycles. The number of benzene rings is 2. The molecule has 4 atom stereocenters. The third-order valence-electron chi connectivity index (χ3n) is 8.33. The van der Waals surface area contributed by atoms with Crippen LogP contribution in [-0.4, -0.2) is 32.8 Å². The summed E-state index contributed by atoms with van der Waals surface area (Å²) in [4.78, 5) is 12.9. The Kier molecular flexibility index (Phi) is 5.66. The Hall–Kier alpha value is -2.21. The van der Waals surface area contributed by atoms with Crippen molar-refractivity contribution >= 4 is 24.7 Å². The summed E-state index contributed by atoms with van der Waals surface area (Å²) in [5.74, 6) is -0.0109. The van der Waals surface area contributed by atoms with Gasteiger partial charge in [0.15, 0.2) is 5.60 Å². The first-order valence-corrected chi connectivity index (χ1v) is 14.4. The van der Waals surface area contributed by atoms with Crippen molar-refractivity contribution in [1.29, 1.82) is 0 Å². The summed E-state index contributed by atoms with van der Waals surface area (Å²) in [7, 11) is -2.63. The highest BCUT2D eigenvalue weighted by molar-refractivity contribution is 6.99. The molecule has 2 bridgehead atoms. The molecular weight excluding hydrogens is 440 g/mol. The van der Waals surface area contributed by atoms with E-state index >= 15 is 0 Å². The van der Waals surface area contributed by atoms with Gasteiger partial charge in [0, 0.05) is 11.8 Å². The lowest BCUT2D eigenvalue weighted by Crippen LogP contribution is -2.67. The molecule has 2 fully saturated rings. The minimum atomic E-state index is -2.63. The molecular formula is C29H36O4Si. The molecule has 4 nitrogen and oxygen atoms in total. The van der Waals surface area contributed by atoms with E-state index in [9.17, 15) is 4.79 Å². The normalized spacial score (nSPS) is 31.0. The van der Waals surface area contributed by atoms with Crippen LogP contribution in [0.4, 0.5) is 0 Å². The Bertz CT molecular complexity index is 1050. The van der Waals surface area contributed by atoms with Gasteiger partial charge >= 0.3 is 5.97 Å². The van der Waals surface area contributed by atoms with Gasteiger partial charge in [-0.15, -0.1) is 0 Å². The maximum Gasteiger partial charge on any atom is 0.341 e. The molecule has 0 N–H and O–H groups in total. The zero-order valence-corrected chi connectivity index (χ0v) is 22.0. The second-order valence-corrected chi connectivity index (χ2v) is 15.8. The van der Waals surface area contributed by atoms with Crippen LogP contribution in [0, 0.1) is 11.3 Å². The summed E-state index contributed by atoms with van der Waals surface area (Å²) in [6.07, 6.45) is 4.20. The van der Waals surface area contributed by atoms with Crippen LogP contribution in [0.3, 0.4) is 0 Å². The summed E-state index contributed by atoms with van der Waals surface area (Å²) in [6, 6.07) is 21.5. The molecule has 2 aromatic rings. The second kappa shape index (κ2) is 8.18. The van der Waals surface area contributed by atoms with Crippen LogP contribution in [0.25, 0.3) is 0 Å². The topological polar surface area (TPSA) is 44.8 Å². The van der Waals surface area contributed by atoms with E-state index in [1.807, 2.05) is 0 Å². The van der Waals surface area contributed by atoms with Gasteiger partial charge < -0.3 is 13.9 Å². The van der Waals surface area contributed by atoms with Crippen LogP contribution in [0.2, 0.25) is 5.04 Å². The van der Waals surface area contributed by atoms with E-state index in [2.05, 4.69) is 101 Å². The molecule has 2 heterocycles.